The molecule has 2 aromatic carbocycles. The van der Waals surface area contributed by atoms with Crippen molar-refractivity contribution in [2.45, 2.75) is 0 Å². The van der Waals surface area contributed by atoms with Gasteiger partial charge in [-0.05, 0) is 69.4 Å². The van der Waals surface area contributed by atoms with Crippen molar-refractivity contribution in [1.82, 2.24) is 5.01 Å². The van der Waals surface area contributed by atoms with E-state index >= 15 is 0 Å². The Bertz CT molecular complexity index is 698. The lowest BCUT2D eigenvalue weighted by atomic mass is 10.2. The van der Waals surface area contributed by atoms with Gasteiger partial charge in [-0.25, -0.2) is 0 Å². The maximum atomic E-state index is 10.1. The molecule has 6 heteroatoms. The number of phenolic OH excluding ortho intramolecular Hbond substituents is 1. The quantitative estimate of drug-likeness (QED) is 0.483. The molecule has 0 atom stereocenters. The lowest BCUT2D eigenvalue weighted by Crippen LogP contribution is -2.44. The van der Waals surface area contributed by atoms with E-state index < -0.39 is 0 Å². The molecule has 120 valence electrons. The van der Waals surface area contributed by atoms with Crippen LogP contribution in [0.3, 0.4) is 0 Å². The summed E-state index contributed by atoms with van der Waals surface area (Å²) in [6.07, 6.45) is 1.76. The molecule has 0 spiro atoms. The van der Waals surface area contributed by atoms with Crippen molar-refractivity contribution in [3.8, 4) is 5.75 Å². The van der Waals surface area contributed by atoms with Crippen molar-refractivity contribution >= 4 is 57.1 Å². The molecule has 0 aliphatic carbocycles. The van der Waals surface area contributed by atoms with E-state index in [-0.39, 0.29) is 0 Å². The van der Waals surface area contributed by atoms with E-state index in [2.05, 4.69) is 84.5 Å². The van der Waals surface area contributed by atoms with Gasteiger partial charge in [-0.15, -0.1) is 0 Å². The van der Waals surface area contributed by atoms with Gasteiger partial charge in [0.25, 0.3) is 0 Å². The van der Waals surface area contributed by atoms with E-state index in [0.717, 1.165) is 38.9 Å². The van der Waals surface area contributed by atoms with Gasteiger partial charge in [0.05, 0.1) is 22.9 Å². The zero-order chi connectivity index (χ0) is 16.2. The number of nitrogens with zero attached hydrogens (tertiary/aromatic N) is 3. The predicted molar refractivity (Wildman–Crippen MR) is 111 cm³/mol. The highest BCUT2D eigenvalue weighted by atomic mass is 127. The third-order valence-corrected chi connectivity index (χ3v) is 5.24. The van der Waals surface area contributed by atoms with E-state index in [1.807, 2.05) is 18.2 Å². The van der Waals surface area contributed by atoms with Crippen LogP contribution in [-0.2, 0) is 0 Å². The molecule has 1 heterocycles. The van der Waals surface area contributed by atoms with Crippen LogP contribution < -0.4 is 4.90 Å². The molecule has 1 aliphatic heterocycles. The summed E-state index contributed by atoms with van der Waals surface area (Å²) < 4.78 is 1.95. The highest BCUT2D eigenvalue weighted by Gasteiger charge is 2.15. The van der Waals surface area contributed by atoms with Gasteiger partial charge in [0, 0.05) is 27.9 Å². The lowest BCUT2D eigenvalue weighted by molar-refractivity contribution is 0.272. The van der Waals surface area contributed by atoms with Gasteiger partial charge in [0.2, 0.25) is 0 Å². The molecule has 1 aliphatic rings. The van der Waals surface area contributed by atoms with Crippen LogP contribution in [-0.4, -0.2) is 42.5 Å². The molecule has 0 amide bonds. The largest absolute Gasteiger partial charge is 0.506 e. The van der Waals surface area contributed by atoms with Crippen LogP contribution in [0.5, 0.6) is 5.75 Å². The van der Waals surface area contributed by atoms with Crippen molar-refractivity contribution in [3.63, 3.8) is 0 Å². The molecule has 1 saturated heterocycles. The summed E-state index contributed by atoms with van der Waals surface area (Å²) >= 11 is 4.40. The summed E-state index contributed by atoms with van der Waals surface area (Å²) in [7, 11) is 0. The van der Waals surface area contributed by atoms with Crippen LogP contribution in [0.15, 0.2) is 47.6 Å². The second kappa shape index (κ2) is 7.69. The first-order valence-electron chi connectivity index (χ1n) is 7.40. The summed E-state index contributed by atoms with van der Waals surface area (Å²) in [5.74, 6) is 0.303. The van der Waals surface area contributed by atoms with Gasteiger partial charge < -0.3 is 10.0 Å². The molecule has 1 fully saturated rings. The smallest absolute Gasteiger partial charge is 0.137 e. The molecule has 0 saturated carbocycles. The van der Waals surface area contributed by atoms with Gasteiger partial charge in [-0.2, -0.15) is 5.10 Å². The number of anilines is 1. The van der Waals surface area contributed by atoms with Gasteiger partial charge in [-0.3, -0.25) is 5.01 Å². The third-order valence-electron chi connectivity index (χ3n) is 3.80. The minimum atomic E-state index is 0.303. The fourth-order valence-electron chi connectivity index (χ4n) is 2.54. The van der Waals surface area contributed by atoms with E-state index in [0.29, 0.717) is 5.75 Å². The van der Waals surface area contributed by atoms with E-state index in [1.165, 1.54) is 5.69 Å². The fourth-order valence-corrected chi connectivity index (χ4v) is 4.43. The number of benzene rings is 2. The lowest BCUT2D eigenvalue weighted by Gasteiger charge is -2.34. The van der Waals surface area contributed by atoms with Crippen LogP contribution >= 0.6 is 45.2 Å². The zero-order valence-corrected chi connectivity index (χ0v) is 16.8. The Balaban J connectivity index is 1.63. The minimum Gasteiger partial charge on any atom is -0.506 e. The molecule has 0 radical (unpaired) electrons. The number of piperazine rings is 1. The molecule has 2 aromatic rings. The third kappa shape index (κ3) is 4.28. The summed E-state index contributed by atoms with van der Waals surface area (Å²) in [5.41, 5.74) is 2.03. The first-order valence-corrected chi connectivity index (χ1v) is 9.56. The maximum Gasteiger partial charge on any atom is 0.137 e. The number of halogens is 2. The molecule has 0 aromatic heterocycles. The fraction of sp³-hybridized carbons (Fsp3) is 0.235. The van der Waals surface area contributed by atoms with Crippen molar-refractivity contribution in [2.24, 2.45) is 5.10 Å². The van der Waals surface area contributed by atoms with Crippen LogP contribution in [0, 0.1) is 7.14 Å². The summed E-state index contributed by atoms with van der Waals surface area (Å²) in [6.45, 7) is 3.68. The van der Waals surface area contributed by atoms with Gasteiger partial charge in [0.1, 0.15) is 5.75 Å². The summed E-state index contributed by atoms with van der Waals surface area (Å²) in [5, 5.41) is 16.7. The summed E-state index contributed by atoms with van der Waals surface area (Å²) in [4.78, 5) is 2.37. The highest BCUT2D eigenvalue weighted by molar-refractivity contribution is 14.1. The molecular weight excluding hydrogens is 516 g/mol. The first kappa shape index (κ1) is 16.8. The van der Waals surface area contributed by atoms with E-state index in [9.17, 15) is 5.11 Å². The van der Waals surface area contributed by atoms with E-state index in [4.69, 9.17) is 0 Å². The van der Waals surface area contributed by atoms with Crippen LogP contribution in [0.4, 0.5) is 5.69 Å². The number of para-hydroxylation sites is 1. The molecule has 1 N–H and O–H groups in total. The second-order valence-corrected chi connectivity index (χ2v) is 7.75. The molecule has 3 rings (SSSR count). The first-order chi connectivity index (χ1) is 11.1. The van der Waals surface area contributed by atoms with Crippen molar-refractivity contribution in [1.29, 1.82) is 0 Å². The Labute approximate surface area is 163 Å². The molecule has 0 bridgehead atoms. The van der Waals surface area contributed by atoms with Crippen LogP contribution in [0.25, 0.3) is 0 Å². The summed E-state index contributed by atoms with van der Waals surface area (Å²) in [6, 6.07) is 14.4. The van der Waals surface area contributed by atoms with Crippen LogP contribution in [0.1, 0.15) is 5.56 Å². The Hall–Kier alpha value is -1.03. The molecular formula is C17H17I2N3O. The van der Waals surface area contributed by atoms with Crippen molar-refractivity contribution in [2.75, 3.05) is 31.1 Å². The average molecular weight is 533 g/mol. The Kier molecular flexibility index (Phi) is 5.62. The number of hydrazone groups is 1. The van der Waals surface area contributed by atoms with Crippen LogP contribution in [0.2, 0.25) is 0 Å². The Morgan fingerprint density at radius 1 is 1.00 bits per heavy atom. The van der Waals surface area contributed by atoms with Gasteiger partial charge >= 0.3 is 0 Å². The van der Waals surface area contributed by atoms with Crippen molar-refractivity contribution < 1.29 is 5.11 Å². The zero-order valence-electron chi connectivity index (χ0n) is 12.5. The van der Waals surface area contributed by atoms with Gasteiger partial charge in [-0.1, -0.05) is 18.2 Å². The monoisotopic (exact) mass is 533 g/mol. The minimum absolute atomic E-state index is 0.303. The van der Waals surface area contributed by atoms with E-state index in [1.54, 1.807) is 6.21 Å². The normalized spacial score (nSPS) is 15.4. The highest BCUT2D eigenvalue weighted by Crippen LogP contribution is 2.26. The molecule has 0 unspecified atom stereocenters. The Morgan fingerprint density at radius 2 is 1.70 bits per heavy atom. The topological polar surface area (TPSA) is 39.1 Å². The average Bonchev–Trinajstić information content (AvgIpc) is 2.58. The maximum absolute atomic E-state index is 10.1. The Morgan fingerprint density at radius 3 is 2.39 bits per heavy atom. The number of phenols is 1. The molecule has 4 nitrogen and oxygen atoms in total. The number of hydrogen-bond donors (Lipinski definition) is 1. The number of hydrogen-bond acceptors (Lipinski definition) is 4. The number of aromatic hydroxyl groups is 1. The number of rotatable bonds is 3. The predicted octanol–water partition coefficient (Wildman–Crippen LogP) is 3.76. The van der Waals surface area contributed by atoms with Gasteiger partial charge in [0.15, 0.2) is 0 Å². The standard InChI is InChI=1S/C17H17I2N3O/c18-14-10-13(17(23)16(19)11-14)12-20-22-8-6-21(7-9-22)15-4-2-1-3-5-15/h1-5,10-12,23H,6-9H2. The second-order valence-electron chi connectivity index (χ2n) is 5.35. The molecule has 23 heavy (non-hydrogen) atoms. The SMILES string of the molecule is Oc1c(I)cc(I)cc1C=NN1CCN(c2ccccc2)CC1. The van der Waals surface area contributed by atoms with Crippen molar-refractivity contribution in [3.05, 3.63) is 55.2 Å².